The summed E-state index contributed by atoms with van der Waals surface area (Å²) in [5.74, 6) is 0.376. The average molecular weight is 469 g/mol. The van der Waals surface area contributed by atoms with Crippen LogP contribution < -0.4 is 5.73 Å². The highest BCUT2D eigenvalue weighted by atomic mass is 127. The van der Waals surface area contributed by atoms with Gasteiger partial charge in [0.05, 0.1) is 30.0 Å². The molecule has 0 radical (unpaired) electrons. The molecule has 0 bridgehead atoms. The van der Waals surface area contributed by atoms with Gasteiger partial charge in [-0.2, -0.15) is 10.4 Å². The average Bonchev–Trinajstić information content (AvgIpc) is 3.08. The number of rotatable bonds is 2. The third kappa shape index (κ3) is 3.53. The molecule has 1 saturated heterocycles. The summed E-state index contributed by atoms with van der Waals surface area (Å²) < 4.78 is 7.99. The summed E-state index contributed by atoms with van der Waals surface area (Å²) in [5.41, 5.74) is 5.99. The van der Waals surface area contributed by atoms with Gasteiger partial charge in [0.2, 0.25) is 0 Å². The number of carbonyl (C=O) groups excluding carboxylic acids is 1. The van der Waals surface area contributed by atoms with Crippen molar-refractivity contribution in [3.8, 4) is 6.07 Å². The molecule has 2 atom stereocenters. The molecule has 1 amide bonds. The number of nitrogen functional groups attached to an aromatic ring is 1. The van der Waals surface area contributed by atoms with Gasteiger partial charge in [-0.1, -0.05) is 0 Å². The van der Waals surface area contributed by atoms with Crippen molar-refractivity contribution < 1.29 is 9.53 Å². The first kappa shape index (κ1) is 18.6. The van der Waals surface area contributed by atoms with Gasteiger partial charge in [0.15, 0.2) is 5.65 Å². The Morgan fingerprint density at radius 1 is 1.50 bits per heavy atom. The van der Waals surface area contributed by atoms with Gasteiger partial charge in [-0.05, 0) is 49.8 Å². The highest BCUT2D eigenvalue weighted by Gasteiger charge is 2.39. The molecule has 2 aromatic heterocycles. The largest absolute Gasteiger partial charge is 0.444 e. The van der Waals surface area contributed by atoms with Crippen molar-refractivity contribution in [2.24, 2.45) is 0 Å². The number of likely N-dealkylation sites (tertiary alicyclic amines) is 1. The van der Waals surface area contributed by atoms with E-state index in [9.17, 15) is 4.79 Å². The summed E-state index contributed by atoms with van der Waals surface area (Å²) in [5, 5.41) is 14.4. The van der Waals surface area contributed by atoms with Crippen LogP contribution in [0.1, 0.15) is 39.7 Å². The van der Waals surface area contributed by atoms with E-state index in [0.717, 1.165) is 0 Å². The van der Waals surface area contributed by atoms with Crippen LogP contribution in [0.15, 0.2) is 6.33 Å². The minimum Gasteiger partial charge on any atom is -0.444 e. The molecule has 0 aromatic carbocycles. The Bertz CT molecular complexity index is 883. The molecule has 0 unspecified atom stereocenters. The van der Waals surface area contributed by atoms with Gasteiger partial charge in [-0.3, -0.25) is 0 Å². The Kier molecular flexibility index (Phi) is 4.92. The number of ether oxygens (including phenoxy) is 1. The molecule has 2 N–H and O–H groups in total. The number of amides is 1. The van der Waals surface area contributed by atoms with Crippen molar-refractivity contribution in [2.75, 3.05) is 12.3 Å². The van der Waals surface area contributed by atoms with Crippen LogP contribution in [-0.2, 0) is 4.74 Å². The Morgan fingerprint density at radius 3 is 2.88 bits per heavy atom. The van der Waals surface area contributed by atoms with Gasteiger partial charge in [0.1, 0.15) is 21.4 Å². The monoisotopic (exact) mass is 469 g/mol. The number of carbonyl (C=O) groups is 1. The van der Waals surface area contributed by atoms with E-state index in [1.54, 1.807) is 9.58 Å². The second kappa shape index (κ2) is 6.86. The number of hydrogen-bond donors (Lipinski definition) is 1. The fraction of sp³-hybridized carbons (Fsp3) is 0.562. The second-order valence-corrected chi connectivity index (χ2v) is 8.25. The molecule has 1 fully saturated rings. The molecule has 1 aliphatic rings. The van der Waals surface area contributed by atoms with Gasteiger partial charge < -0.3 is 15.4 Å². The zero-order valence-corrected chi connectivity index (χ0v) is 17.0. The van der Waals surface area contributed by atoms with Crippen LogP contribution in [0.3, 0.4) is 0 Å². The van der Waals surface area contributed by atoms with E-state index >= 15 is 0 Å². The van der Waals surface area contributed by atoms with Gasteiger partial charge in [0, 0.05) is 6.54 Å². The molecule has 3 rings (SSSR count). The summed E-state index contributed by atoms with van der Waals surface area (Å²) in [6, 6.07) is 1.82. The van der Waals surface area contributed by atoms with Crippen molar-refractivity contribution in [1.29, 1.82) is 5.26 Å². The third-order valence-corrected chi connectivity index (χ3v) is 4.92. The summed E-state index contributed by atoms with van der Waals surface area (Å²) in [6.07, 6.45) is 1.83. The summed E-state index contributed by atoms with van der Waals surface area (Å²) >= 11 is 2.10. The van der Waals surface area contributed by atoms with Crippen molar-refractivity contribution in [3.63, 3.8) is 0 Å². The molecule has 0 spiro atoms. The highest BCUT2D eigenvalue weighted by molar-refractivity contribution is 14.1. The minimum atomic E-state index is -0.595. The first-order chi connectivity index (χ1) is 12.2. The standard InChI is InChI=1S/C16H20IN7O2/c1-16(2,3)26-15(25)23-7-10(6-9(23)4-5-18)24-14-11(12(17)22-24)13(19)20-8-21-14/h8-10H,4,6-7H2,1-3H3,(H2,19,20,21)/t9-,10-/m0/s1. The Labute approximate surface area is 164 Å². The van der Waals surface area contributed by atoms with Gasteiger partial charge in [-0.25, -0.2) is 19.4 Å². The molecular weight excluding hydrogens is 449 g/mol. The lowest BCUT2D eigenvalue weighted by atomic mass is 10.1. The van der Waals surface area contributed by atoms with Gasteiger partial charge in [0.25, 0.3) is 0 Å². The molecule has 10 heteroatoms. The van der Waals surface area contributed by atoms with Crippen molar-refractivity contribution >= 4 is 45.5 Å². The van der Waals surface area contributed by atoms with Gasteiger partial charge in [-0.15, -0.1) is 0 Å². The van der Waals surface area contributed by atoms with E-state index in [1.807, 2.05) is 20.8 Å². The zero-order chi connectivity index (χ0) is 19.1. The lowest BCUT2D eigenvalue weighted by Gasteiger charge is -2.27. The smallest absolute Gasteiger partial charge is 0.410 e. The van der Waals surface area contributed by atoms with Crippen LogP contribution in [0.2, 0.25) is 0 Å². The van der Waals surface area contributed by atoms with E-state index < -0.39 is 11.7 Å². The van der Waals surface area contributed by atoms with Crippen LogP contribution in [-0.4, -0.2) is 48.9 Å². The van der Waals surface area contributed by atoms with Crippen LogP contribution in [0.25, 0.3) is 11.0 Å². The lowest BCUT2D eigenvalue weighted by molar-refractivity contribution is 0.0225. The Morgan fingerprint density at radius 2 is 2.23 bits per heavy atom. The van der Waals surface area contributed by atoms with E-state index in [4.69, 9.17) is 15.7 Å². The summed E-state index contributed by atoms with van der Waals surface area (Å²) in [7, 11) is 0. The maximum absolute atomic E-state index is 12.6. The molecular formula is C16H20IN7O2. The molecule has 0 aliphatic carbocycles. The molecule has 138 valence electrons. The zero-order valence-electron chi connectivity index (χ0n) is 14.8. The number of nitriles is 1. The Hall–Kier alpha value is -2.16. The van der Waals surface area contributed by atoms with Crippen LogP contribution in [0, 0.1) is 15.0 Å². The molecule has 0 saturated carbocycles. The fourth-order valence-electron chi connectivity index (χ4n) is 3.12. The Balaban J connectivity index is 1.92. The fourth-order valence-corrected chi connectivity index (χ4v) is 3.87. The number of hydrogen-bond acceptors (Lipinski definition) is 7. The van der Waals surface area contributed by atoms with Crippen molar-refractivity contribution in [1.82, 2.24) is 24.6 Å². The predicted molar refractivity (Wildman–Crippen MR) is 103 cm³/mol. The molecule has 9 nitrogen and oxygen atoms in total. The number of aromatic nitrogens is 4. The number of fused-ring (bicyclic) bond motifs is 1. The SMILES string of the molecule is CC(C)(C)OC(=O)N1C[C@@H](n2nc(I)c3c(N)ncnc32)C[C@@H]1CC#N. The molecule has 2 aromatic rings. The van der Waals surface area contributed by atoms with E-state index in [2.05, 4.69) is 43.7 Å². The number of anilines is 1. The summed E-state index contributed by atoms with van der Waals surface area (Å²) in [6.45, 7) is 5.86. The first-order valence-electron chi connectivity index (χ1n) is 8.22. The highest BCUT2D eigenvalue weighted by Crippen LogP contribution is 2.33. The third-order valence-electron chi connectivity index (χ3n) is 4.17. The topological polar surface area (TPSA) is 123 Å². The molecule has 26 heavy (non-hydrogen) atoms. The molecule has 3 heterocycles. The van der Waals surface area contributed by atoms with Crippen LogP contribution in [0.4, 0.5) is 10.6 Å². The maximum atomic E-state index is 12.6. The first-order valence-corrected chi connectivity index (χ1v) is 9.30. The minimum absolute atomic E-state index is 0.110. The number of nitrogens with two attached hydrogens (primary N) is 1. The van der Waals surface area contributed by atoms with Crippen molar-refractivity contribution in [2.45, 2.75) is 51.3 Å². The van der Waals surface area contributed by atoms with Crippen LogP contribution in [0.5, 0.6) is 0 Å². The van der Waals surface area contributed by atoms with Crippen molar-refractivity contribution in [3.05, 3.63) is 10.0 Å². The lowest BCUT2D eigenvalue weighted by Crippen LogP contribution is -2.40. The van der Waals surface area contributed by atoms with E-state index in [1.165, 1.54) is 6.33 Å². The summed E-state index contributed by atoms with van der Waals surface area (Å²) in [4.78, 5) is 22.5. The number of halogens is 1. The second-order valence-electron chi connectivity index (χ2n) is 7.23. The maximum Gasteiger partial charge on any atom is 0.410 e. The predicted octanol–water partition coefficient (Wildman–Crippen LogP) is 2.48. The molecule has 1 aliphatic heterocycles. The number of nitrogens with zero attached hydrogens (tertiary/aromatic N) is 6. The van der Waals surface area contributed by atoms with Gasteiger partial charge >= 0.3 is 6.09 Å². The normalized spacial score (nSPS) is 20.3. The van der Waals surface area contributed by atoms with Crippen LogP contribution >= 0.6 is 22.6 Å². The van der Waals surface area contributed by atoms with E-state index in [-0.39, 0.29) is 18.5 Å². The quantitative estimate of drug-likeness (QED) is 0.671. The van der Waals surface area contributed by atoms with E-state index in [0.29, 0.717) is 33.5 Å².